The molecule has 5 nitrogen and oxygen atoms in total. The van der Waals surface area contributed by atoms with E-state index in [2.05, 4.69) is 0 Å². The first kappa shape index (κ1) is 13.2. The molecular formula is C13H22N2O3. The van der Waals surface area contributed by atoms with Crippen molar-refractivity contribution in [2.45, 2.75) is 44.6 Å². The summed E-state index contributed by atoms with van der Waals surface area (Å²) in [6.45, 7) is 2.96. The summed E-state index contributed by atoms with van der Waals surface area (Å²) in [6, 6.07) is -0.135. The molecular weight excluding hydrogens is 232 g/mol. The molecule has 2 fully saturated rings. The average Bonchev–Trinajstić information content (AvgIpc) is 2.66. The molecule has 1 saturated carbocycles. The number of nitrogens with zero attached hydrogens (tertiary/aromatic N) is 2. The van der Waals surface area contributed by atoms with Gasteiger partial charge in [0.2, 0.25) is 0 Å². The van der Waals surface area contributed by atoms with Gasteiger partial charge < -0.3 is 14.9 Å². The van der Waals surface area contributed by atoms with Gasteiger partial charge in [0.1, 0.15) is 5.54 Å². The molecule has 102 valence electrons. The Labute approximate surface area is 108 Å². The van der Waals surface area contributed by atoms with Crippen LogP contribution in [0, 0.1) is 5.92 Å². The molecule has 0 spiro atoms. The Hall–Kier alpha value is -1.26. The van der Waals surface area contributed by atoms with Crippen molar-refractivity contribution < 1.29 is 14.7 Å². The van der Waals surface area contributed by atoms with Crippen LogP contribution in [0.1, 0.15) is 39.0 Å². The second kappa shape index (κ2) is 4.78. The lowest BCUT2D eigenvalue weighted by atomic mass is 9.85. The second-order valence-electron chi connectivity index (χ2n) is 5.79. The van der Waals surface area contributed by atoms with Crippen LogP contribution in [0.3, 0.4) is 0 Å². The number of hydrogen-bond donors (Lipinski definition) is 1. The first-order chi connectivity index (χ1) is 8.45. The molecule has 1 aliphatic heterocycles. The Morgan fingerprint density at radius 2 is 2.06 bits per heavy atom. The van der Waals surface area contributed by atoms with E-state index >= 15 is 0 Å². The molecule has 5 heteroatoms. The highest BCUT2D eigenvalue weighted by molar-refractivity contribution is 5.86. The highest BCUT2D eigenvalue weighted by atomic mass is 16.4. The third-order valence-corrected chi connectivity index (χ3v) is 4.42. The fraction of sp³-hybridized carbons (Fsp3) is 0.846. The molecule has 0 aromatic carbocycles. The number of carboxylic acids is 1. The van der Waals surface area contributed by atoms with Gasteiger partial charge in [-0.3, -0.25) is 0 Å². The monoisotopic (exact) mass is 254 g/mol. The molecule has 1 unspecified atom stereocenters. The van der Waals surface area contributed by atoms with Crippen molar-refractivity contribution in [2.75, 3.05) is 20.1 Å². The average molecular weight is 254 g/mol. The number of likely N-dealkylation sites (tertiary alicyclic amines) is 1. The Bertz CT molecular complexity index is 354. The topological polar surface area (TPSA) is 60.9 Å². The number of carbonyl (C=O) groups is 2. The fourth-order valence-electron chi connectivity index (χ4n) is 2.84. The summed E-state index contributed by atoms with van der Waals surface area (Å²) in [4.78, 5) is 26.9. The molecule has 2 aliphatic rings. The molecule has 1 atom stereocenters. The zero-order valence-corrected chi connectivity index (χ0v) is 11.2. The molecule has 0 radical (unpaired) electrons. The molecule has 0 aromatic rings. The van der Waals surface area contributed by atoms with Crippen LogP contribution in [0.15, 0.2) is 0 Å². The van der Waals surface area contributed by atoms with E-state index in [1.807, 2.05) is 0 Å². The second-order valence-corrected chi connectivity index (χ2v) is 5.79. The summed E-state index contributed by atoms with van der Waals surface area (Å²) < 4.78 is 0. The van der Waals surface area contributed by atoms with Crippen molar-refractivity contribution in [1.82, 2.24) is 9.80 Å². The molecule has 1 heterocycles. The van der Waals surface area contributed by atoms with E-state index < -0.39 is 11.5 Å². The largest absolute Gasteiger partial charge is 0.480 e. The smallest absolute Gasteiger partial charge is 0.329 e. The lowest BCUT2D eigenvalue weighted by molar-refractivity contribution is -0.147. The highest BCUT2D eigenvalue weighted by Crippen LogP contribution is 2.31. The molecule has 2 rings (SSSR count). The Morgan fingerprint density at radius 3 is 2.56 bits per heavy atom. The summed E-state index contributed by atoms with van der Waals surface area (Å²) in [5, 5.41) is 9.30. The summed E-state index contributed by atoms with van der Waals surface area (Å²) in [6.07, 6.45) is 4.95. The minimum atomic E-state index is -1.02. The van der Waals surface area contributed by atoms with Crippen molar-refractivity contribution in [3.05, 3.63) is 0 Å². The molecule has 1 saturated heterocycles. The summed E-state index contributed by atoms with van der Waals surface area (Å²) >= 11 is 0. The maximum absolute atomic E-state index is 12.3. The van der Waals surface area contributed by atoms with Crippen molar-refractivity contribution in [3.8, 4) is 0 Å². The quantitative estimate of drug-likeness (QED) is 0.835. The number of urea groups is 1. The van der Waals surface area contributed by atoms with Gasteiger partial charge in [-0.1, -0.05) is 6.42 Å². The number of amides is 2. The maximum atomic E-state index is 12.3. The van der Waals surface area contributed by atoms with Crippen molar-refractivity contribution in [2.24, 2.45) is 5.92 Å². The van der Waals surface area contributed by atoms with Crippen LogP contribution in [0.4, 0.5) is 4.79 Å². The van der Waals surface area contributed by atoms with Crippen molar-refractivity contribution >= 4 is 12.0 Å². The van der Waals surface area contributed by atoms with E-state index in [-0.39, 0.29) is 6.03 Å². The van der Waals surface area contributed by atoms with Crippen LogP contribution in [-0.2, 0) is 4.79 Å². The zero-order chi connectivity index (χ0) is 13.3. The van der Waals surface area contributed by atoms with E-state index in [0.29, 0.717) is 18.9 Å². The van der Waals surface area contributed by atoms with Crippen LogP contribution in [0.2, 0.25) is 0 Å². The standard InChI is InChI=1S/C13H22N2O3/c1-13(11(16)17)7-4-8-15(13)12(18)14(2)9-10-5-3-6-10/h10H,3-9H2,1-2H3,(H,16,17). The number of aliphatic carboxylic acids is 1. The normalized spacial score (nSPS) is 28.0. The number of carbonyl (C=O) groups excluding carboxylic acids is 1. The van der Waals surface area contributed by atoms with Gasteiger partial charge in [0.25, 0.3) is 0 Å². The molecule has 2 amide bonds. The van der Waals surface area contributed by atoms with Gasteiger partial charge in [0, 0.05) is 20.1 Å². The summed E-state index contributed by atoms with van der Waals surface area (Å²) in [5.74, 6) is -0.289. The molecule has 0 aromatic heterocycles. The van der Waals surface area contributed by atoms with E-state index in [1.54, 1.807) is 18.9 Å². The maximum Gasteiger partial charge on any atom is 0.329 e. The van der Waals surface area contributed by atoms with E-state index in [1.165, 1.54) is 24.2 Å². The van der Waals surface area contributed by atoms with Gasteiger partial charge >= 0.3 is 12.0 Å². The Morgan fingerprint density at radius 1 is 1.39 bits per heavy atom. The van der Waals surface area contributed by atoms with Gasteiger partial charge in [0.05, 0.1) is 0 Å². The van der Waals surface area contributed by atoms with Gasteiger partial charge in [-0.15, -0.1) is 0 Å². The molecule has 1 aliphatic carbocycles. The Balaban J connectivity index is 2.00. The van der Waals surface area contributed by atoms with Gasteiger partial charge in [-0.05, 0) is 38.5 Å². The summed E-state index contributed by atoms with van der Waals surface area (Å²) in [5.41, 5.74) is -1.02. The van der Waals surface area contributed by atoms with Gasteiger partial charge in [0.15, 0.2) is 0 Å². The van der Waals surface area contributed by atoms with Crippen LogP contribution >= 0.6 is 0 Å². The van der Waals surface area contributed by atoms with Crippen LogP contribution in [-0.4, -0.2) is 52.6 Å². The van der Waals surface area contributed by atoms with Crippen molar-refractivity contribution in [1.29, 1.82) is 0 Å². The minimum Gasteiger partial charge on any atom is -0.480 e. The van der Waals surface area contributed by atoms with Gasteiger partial charge in [-0.2, -0.15) is 0 Å². The minimum absolute atomic E-state index is 0.135. The van der Waals surface area contributed by atoms with Crippen LogP contribution < -0.4 is 0 Å². The lowest BCUT2D eigenvalue weighted by Crippen LogP contribution is -2.55. The van der Waals surface area contributed by atoms with E-state index in [9.17, 15) is 14.7 Å². The Kier molecular flexibility index (Phi) is 3.50. The number of hydrogen-bond acceptors (Lipinski definition) is 2. The number of rotatable bonds is 3. The van der Waals surface area contributed by atoms with Crippen LogP contribution in [0.5, 0.6) is 0 Å². The molecule has 18 heavy (non-hydrogen) atoms. The van der Waals surface area contributed by atoms with Gasteiger partial charge in [-0.25, -0.2) is 9.59 Å². The zero-order valence-electron chi connectivity index (χ0n) is 11.2. The first-order valence-electron chi connectivity index (χ1n) is 6.71. The first-order valence-corrected chi connectivity index (χ1v) is 6.71. The third kappa shape index (κ3) is 2.18. The van der Waals surface area contributed by atoms with E-state index in [4.69, 9.17) is 0 Å². The van der Waals surface area contributed by atoms with E-state index in [0.717, 1.165) is 13.0 Å². The highest BCUT2D eigenvalue weighted by Gasteiger charge is 2.46. The van der Waals surface area contributed by atoms with Crippen molar-refractivity contribution in [3.63, 3.8) is 0 Å². The molecule has 1 N–H and O–H groups in total. The molecule has 0 bridgehead atoms. The third-order valence-electron chi connectivity index (χ3n) is 4.42. The fourth-order valence-corrected chi connectivity index (χ4v) is 2.84. The van der Waals surface area contributed by atoms with Crippen LogP contribution in [0.25, 0.3) is 0 Å². The predicted molar refractivity (Wildman–Crippen MR) is 67.3 cm³/mol. The summed E-state index contributed by atoms with van der Waals surface area (Å²) in [7, 11) is 1.78. The number of carboxylic acid groups (broad SMARTS) is 1. The SMILES string of the molecule is CN(CC1CCC1)C(=O)N1CCCC1(C)C(=O)O. The predicted octanol–water partition coefficient (Wildman–Crippen LogP) is 1.78. The lowest BCUT2D eigenvalue weighted by Gasteiger charge is -2.37.